The largest absolute Gasteiger partial charge is 0.495 e. The Balaban J connectivity index is 2.15. The molecular weight excluding hydrogens is 256 g/mol. The zero-order chi connectivity index (χ0) is 12.3. The highest BCUT2D eigenvalue weighted by Gasteiger charge is 2.05. The van der Waals surface area contributed by atoms with Crippen LogP contribution >= 0.6 is 22.9 Å². The second-order valence-electron chi connectivity index (χ2n) is 3.58. The van der Waals surface area contributed by atoms with Crippen LogP contribution in [0, 0.1) is 0 Å². The van der Waals surface area contributed by atoms with Crippen LogP contribution in [0.2, 0.25) is 5.02 Å². The highest BCUT2D eigenvalue weighted by atomic mass is 35.5. The molecule has 0 fully saturated rings. The summed E-state index contributed by atoms with van der Waals surface area (Å²) in [6.45, 7) is 0.486. The van der Waals surface area contributed by atoms with E-state index >= 15 is 0 Å². The first-order chi connectivity index (χ1) is 8.22. The molecule has 1 heterocycles. The number of hydrogen-bond acceptors (Lipinski definition) is 4. The van der Waals surface area contributed by atoms with E-state index in [1.54, 1.807) is 18.4 Å². The molecule has 17 heavy (non-hydrogen) atoms. The van der Waals surface area contributed by atoms with Gasteiger partial charge in [0.15, 0.2) is 0 Å². The van der Waals surface area contributed by atoms with E-state index in [1.165, 1.54) is 0 Å². The minimum absolute atomic E-state index is 0.486. The van der Waals surface area contributed by atoms with E-state index in [0.29, 0.717) is 17.3 Å². The molecule has 0 aliphatic carbocycles. The average Bonchev–Trinajstić information content (AvgIpc) is 2.77. The van der Waals surface area contributed by atoms with Gasteiger partial charge in [-0.25, -0.2) is 4.98 Å². The molecule has 0 aliphatic heterocycles. The van der Waals surface area contributed by atoms with Gasteiger partial charge in [-0.2, -0.15) is 0 Å². The molecule has 0 amide bonds. The van der Waals surface area contributed by atoms with Crippen molar-refractivity contribution in [3.8, 4) is 5.75 Å². The first-order valence-electron chi connectivity index (χ1n) is 5.18. The molecular formula is C12H13ClN2OS. The van der Waals surface area contributed by atoms with Gasteiger partial charge in [0.25, 0.3) is 0 Å². The molecule has 1 aromatic heterocycles. The van der Waals surface area contributed by atoms with Gasteiger partial charge in [-0.05, 0) is 17.7 Å². The lowest BCUT2D eigenvalue weighted by Gasteiger charge is -2.04. The molecule has 0 aliphatic rings. The summed E-state index contributed by atoms with van der Waals surface area (Å²) in [4.78, 5) is 4.42. The molecule has 3 nitrogen and oxygen atoms in total. The highest BCUT2D eigenvalue weighted by molar-refractivity contribution is 7.09. The quantitative estimate of drug-likeness (QED) is 0.928. The topological polar surface area (TPSA) is 48.1 Å². The number of nitrogens with two attached hydrogens (primary N) is 1. The Morgan fingerprint density at radius 1 is 1.47 bits per heavy atom. The maximum Gasteiger partial charge on any atom is 0.137 e. The lowest BCUT2D eigenvalue weighted by molar-refractivity contribution is 0.415. The SMILES string of the molecule is COc1ccc(Cc2nc(CN)cs2)cc1Cl. The Bertz CT molecular complexity index is 513. The number of ether oxygens (including phenoxy) is 1. The fourth-order valence-corrected chi connectivity index (χ4v) is 2.64. The average molecular weight is 269 g/mol. The van der Waals surface area contributed by atoms with Gasteiger partial charge < -0.3 is 10.5 Å². The van der Waals surface area contributed by atoms with E-state index in [4.69, 9.17) is 22.1 Å². The van der Waals surface area contributed by atoms with Crippen molar-refractivity contribution in [2.24, 2.45) is 5.73 Å². The van der Waals surface area contributed by atoms with Gasteiger partial charge in [-0.15, -0.1) is 11.3 Å². The van der Waals surface area contributed by atoms with Crippen molar-refractivity contribution < 1.29 is 4.74 Å². The molecule has 0 bridgehead atoms. The van der Waals surface area contributed by atoms with E-state index in [0.717, 1.165) is 22.7 Å². The lowest BCUT2D eigenvalue weighted by atomic mass is 10.1. The molecule has 0 saturated carbocycles. The summed E-state index contributed by atoms with van der Waals surface area (Å²) in [5.74, 6) is 0.692. The summed E-state index contributed by atoms with van der Waals surface area (Å²) in [7, 11) is 1.61. The molecule has 2 aromatic rings. The molecule has 5 heteroatoms. The van der Waals surface area contributed by atoms with Crippen molar-refractivity contribution in [2.75, 3.05) is 7.11 Å². The molecule has 90 valence electrons. The molecule has 2 N–H and O–H groups in total. The van der Waals surface area contributed by atoms with Crippen LogP contribution in [0.1, 0.15) is 16.3 Å². The summed E-state index contributed by atoms with van der Waals surface area (Å²) >= 11 is 7.69. The number of aromatic nitrogens is 1. The van der Waals surface area contributed by atoms with Crippen molar-refractivity contribution in [3.63, 3.8) is 0 Å². The molecule has 0 atom stereocenters. The minimum Gasteiger partial charge on any atom is -0.495 e. The Kier molecular flexibility index (Phi) is 3.99. The zero-order valence-electron chi connectivity index (χ0n) is 9.44. The van der Waals surface area contributed by atoms with Crippen LogP contribution in [-0.4, -0.2) is 12.1 Å². The van der Waals surface area contributed by atoms with E-state index in [-0.39, 0.29) is 0 Å². The van der Waals surface area contributed by atoms with Crippen LogP contribution in [0.15, 0.2) is 23.6 Å². The Labute approximate surface area is 109 Å². The van der Waals surface area contributed by atoms with E-state index < -0.39 is 0 Å². The number of hydrogen-bond donors (Lipinski definition) is 1. The minimum atomic E-state index is 0.486. The van der Waals surface area contributed by atoms with E-state index in [1.807, 2.05) is 23.6 Å². The number of halogens is 1. The zero-order valence-corrected chi connectivity index (χ0v) is 11.0. The van der Waals surface area contributed by atoms with Gasteiger partial charge in [-0.1, -0.05) is 17.7 Å². The summed E-state index contributed by atoms with van der Waals surface area (Å²) in [6, 6.07) is 5.77. The number of benzene rings is 1. The number of rotatable bonds is 4. The molecule has 0 unspecified atom stereocenters. The maximum absolute atomic E-state index is 6.07. The van der Waals surface area contributed by atoms with Crippen molar-refractivity contribution in [3.05, 3.63) is 44.9 Å². The van der Waals surface area contributed by atoms with Crippen molar-refractivity contribution in [2.45, 2.75) is 13.0 Å². The van der Waals surface area contributed by atoms with Crippen LogP contribution in [0.4, 0.5) is 0 Å². The van der Waals surface area contributed by atoms with Crippen LogP contribution in [0.25, 0.3) is 0 Å². The van der Waals surface area contributed by atoms with Crippen molar-refractivity contribution in [1.82, 2.24) is 4.98 Å². The van der Waals surface area contributed by atoms with Gasteiger partial charge in [0, 0.05) is 18.3 Å². The molecule has 0 radical (unpaired) electrons. The Hall–Kier alpha value is -1.10. The summed E-state index contributed by atoms with van der Waals surface area (Å²) in [5.41, 5.74) is 7.58. The van der Waals surface area contributed by atoms with E-state index in [9.17, 15) is 0 Å². The predicted molar refractivity (Wildman–Crippen MR) is 70.8 cm³/mol. The summed E-state index contributed by atoms with van der Waals surface area (Å²) in [5, 5.41) is 3.66. The summed E-state index contributed by atoms with van der Waals surface area (Å²) < 4.78 is 5.11. The van der Waals surface area contributed by atoms with Crippen LogP contribution in [-0.2, 0) is 13.0 Å². The third-order valence-corrected chi connectivity index (χ3v) is 3.57. The lowest BCUT2D eigenvalue weighted by Crippen LogP contribution is -1.97. The second kappa shape index (κ2) is 5.49. The van der Waals surface area contributed by atoms with Gasteiger partial charge in [0.05, 0.1) is 22.8 Å². The van der Waals surface area contributed by atoms with Crippen LogP contribution in [0.5, 0.6) is 5.75 Å². The van der Waals surface area contributed by atoms with E-state index in [2.05, 4.69) is 4.98 Å². The van der Waals surface area contributed by atoms with Gasteiger partial charge in [0.2, 0.25) is 0 Å². The van der Waals surface area contributed by atoms with Crippen LogP contribution in [0.3, 0.4) is 0 Å². The molecule has 0 saturated heterocycles. The molecule has 0 spiro atoms. The first-order valence-corrected chi connectivity index (χ1v) is 6.44. The first kappa shape index (κ1) is 12.4. The van der Waals surface area contributed by atoms with Crippen LogP contribution < -0.4 is 10.5 Å². The smallest absolute Gasteiger partial charge is 0.137 e. The number of nitrogens with zero attached hydrogens (tertiary/aromatic N) is 1. The standard InChI is InChI=1S/C12H13ClN2OS/c1-16-11-3-2-8(4-10(11)13)5-12-15-9(6-14)7-17-12/h2-4,7H,5-6,14H2,1H3. The Morgan fingerprint density at radius 3 is 2.88 bits per heavy atom. The van der Waals surface area contributed by atoms with Gasteiger partial charge in [-0.3, -0.25) is 0 Å². The Morgan fingerprint density at radius 2 is 2.29 bits per heavy atom. The molecule has 2 rings (SSSR count). The maximum atomic E-state index is 6.07. The number of methoxy groups -OCH3 is 1. The highest BCUT2D eigenvalue weighted by Crippen LogP contribution is 2.26. The third-order valence-electron chi connectivity index (χ3n) is 2.38. The summed E-state index contributed by atoms with van der Waals surface area (Å²) in [6.07, 6.45) is 0.772. The molecule has 1 aromatic carbocycles. The second-order valence-corrected chi connectivity index (χ2v) is 4.93. The number of thiazole rings is 1. The van der Waals surface area contributed by atoms with Gasteiger partial charge >= 0.3 is 0 Å². The van der Waals surface area contributed by atoms with Gasteiger partial charge in [0.1, 0.15) is 5.75 Å². The monoisotopic (exact) mass is 268 g/mol. The fourth-order valence-electron chi connectivity index (χ4n) is 1.52. The third kappa shape index (κ3) is 2.97. The van der Waals surface area contributed by atoms with Crippen molar-refractivity contribution in [1.29, 1.82) is 0 Å². The normalized spacial score (nSPS) is 10.5. The van der Waals surface area contributed by atoms with Crippen molar-refractivity contribution >= 4 is 22.9 Å². The fraction of sp³-hybridized carbons (Fsp3) is 0.250. The predicted octanol–water partition coefficient (Wildman–Crippen LogP) is 2.85.